The Labute approximate surface area is 133 Å². The third-order valence-corrected chi connectivity index (χ3v) is 6.98. The second-order valence-electron chi connectivity index (χ2n) is 9.32. The van der Waals surface area contributed by atoms with Gasteiger partial charge in [-0.3, -0.25) is 0 Å². The number of hydrogen-bond acceptors (Lipinski definition) is 1. The molecule has 4 unspecified atom stereocenters. The summed E-state index contributed by atoms with van der Waals surface area (Å²) in [4.78, 5) is 0. The van der Waals surface area contributed by atoms with Gasteiger partial charge in [0.05, 0.1) is 0 Å². The van der Waals surface area contributed by atoms with Gasteiger partial charge in [0.2, 0.25) is 0 Å². The van der Waals surface area contributed by atoms with Crippen LogP contribution in [0.25, 0.3) is 0 Å². The minimum Gasteiger partial charge on any atom is -0.316 e. The fraction of sp³-hybridized carbons (Fsp3) is 1.00. The average Bonchev–Trinajstić information content (AvgIpc) is 2.43. The molecule has 0 amide bonds. The summed E-state index contributed by atoms with van der Waals surface area (Å²) in [7, 11) is 2.21. The molecule has 0 aromatic carbocycles. The lowest BCUT2D eigenvalue weighted by Crippen LogP contribution is -2.44. The zero-order chi connectivity index (χ0) is 15.6. The van der Waals surface area contributed by atoms with Gasteiger partial charge in [0, 0.05) is 6.04 Å². The van der Waals surface area contributed by atoms with Gasteiger partial charge in [-0.05, 0) is 80.6 Å². The molecule has 21 heavy (non-hydrogen) atoms. The molecule has 0 aliphatic heterocycles. The SMILES string of the molecule is CNC(C1CCC(C(C)(C)C)CC1)C1CCC(C)C(C)C1. The van der Waals surface area contributed by atoms with Crippen molar-refractivity contribution in [2.45, 2.75) is 85.6 Å². The first-order chi connectivity index (χ1) is 9.82. The van der Waals surface area contributed by atoms with Crippen LogP contribution in [0.3, 0.4) is 0 Å². The highest BCUT2D eigenvalue weighted by Crippen LogP contribution is 2.44. The predicted molar refractivity (Wildman–Crippen MR) is 93.4 cm³/mol. The van der Waals surface area contributed by atoms with Crippen molar-refractivity contribution in [3.8, 4) is 0 Å². The van der Waals surface area contributed by atoms with Crippen molar-refractivity contribution < 1.29 is 0 Å². The molecule has 1 heteroatoms. The van der Waals surface area contributed by atoms with Gasteiger partial charge in [-0.15, -0.1) is 0 Å². The second-order valence-corrected chi connectivity index (χ2v) is 9.32. The maximum Gasteiger partial charge on any atom is 0.0121 e. The molecule has 2 aliphatic carbocycles. The van der Waals surface area contributed by atoms with Crippen LogP contribution in [0.15, 0.2) is 0 Å². The van der Waals surface area contributed by atoms with Crippen molar-refractivity contribution in [2.75, 3.05) is 7.05 Å². The third-order valence-electron chi connectivity index (χ3n) is 6.98. The van der Waals surface area contributed by atoms with Gasteiger partial charge in [0.15, 0.2) is 0 Å². The van der Waals surface area contributed by atoms with Crippen molar-refractivity contribution in [1.29, 1.82) is 0 Å². The number of rotatable bonds is 3. The van der Waals surface area contributed by atoms with E-state index >= 15 is 0 Å². The van der Waals surface area contributed by atoms with Crippen LogP contribution >= 0.6 is 0 Å². The molecule has 2 fully saturated rings. The molecule has 2 rings (SSSR count). The Kier molecular flexibility index (Phi) is 5.79. The summed E-state index contributed by atoms with van der Waals surface area (Å²) in [5.41, 5.74) is 0.509. The first kappa shape index (κ1) is 17.3. The first-order valence-corrected chi connectivity index (χ1v) is 9.50. The van der Waals surface area contributed by atoms with Crippen LogP contribution in [0.4, 0.5) is 0 Å². The van der Waals surface area contributed by atoms with Crippen LogP contribution in [0, 0.1) is 35.0 Å². The fourth-order valence-electron chi connectivity index (χ4n) is 5.12. The van der Waals surface area contributed by atoms with Crippen molar-refractivity contribution >= 4 is 0 Å². The van der Waals surface area contributed by atoms with Crippen LogP contribution in [-0.2, 0) is 0 Å². The smallest absolute Gasteiger partial charge is 0.0121 e. The highest BCUT2D eigenvalue weighted by Gasteiger charge is 2.37. The lowest BCUT2D eigenvalue weighted by Gasteiger charge is -2.44. The molecule has 0 aromatic rings. The van der Waals surface area contributed by atoms with Gasteiger partial charge >= 0.3 is 0 Å². The molecule has 2 aliphatic rings. The van der Waals surface area contributed by atoms with Crippen LogP contribution < -0.4 is 5.32 Å². The van der Waals surface area contributed by atoms with Gasteiger partial charge in [0.25, 0.3) is 0 Å². The Morgan fingerprint density at radius 2 is 1.38 bits per heavy atom. The van der Waals surface area contributed by atoms with Crippen LogP contribution in [0.1, 0.15) is 79.6 Å². The van der Waals surface area contributed by atoms with Crippen molar-refractivity contribution in [3.05, 3.63) is 0 Å². The summed E-state index contributed by atoms with van der Waals surface area (Å²) in [6, 6.07) is 0.779. The van der Waals surface area contributed by atoms with E-state index in [1.807, 2.05) is 0 Å². The Balaban J connectivity index is 1.91. The summed E-state index contributed by atoms with van der Waals surface area (Å²) < 4.78 is 0. The van der Waals surface area contributed by atoms with Crippen LogP contribution in [0.5, 0.6) is 0 Å². The molecular formula is C20H39N. The van der Waals surface area contributed by atoms with Gasteiger partial charge in [-0.2, -0.15) is 0 Å². The molecule has 0 saturated heterocycles. The van der Waals surface area contributed by atoms with E-state index < -0.39 is 0 Å². The molecule has 0 bridgehead atoms. The van der Waals surface area contributed by atoms with E-state index in [-0.39, 0.29) is 0 Å². The van der Waals surface area contributed by atoms with E-state index in [4.69, 9.17) is 0 Å². The second kappa shape index (κ2) is 7.02. The molecule has 0 aromatic heterocycles. The summed E-state index contributed by atoms with van der Waals surface area (Å²) in [5, 5.41) is 3.73. The van der Waals surface area contributed by atoms with Gasteiger partial charge < -0.3 is 5.32 Å². The molecule has 4 atom stereocenters. The van der Waals surface area contributed by atoms with E-state index in [0.29, 0.717) is 5.41 Å². The average molecular weight is 294 g/mol. The lowest BCUT2D eigenvalue weighted by molar-refractivity contribution is 0.0925. The maximum absolute atomic E-state index is 3.73. The minimum absolute atomic E-state index is 0.509. The summed E-state index contributed by atoms with van der Waals surface area (Å²) in [5.74, 6) is 4.66. The molecule has 1 N–H and O–H groups in total. The maximum atomic E-state index is 3.73. The molecule has 0 radical (unpaired) electrons. The van der Waals surface area contributed by atoms with Crippen LogP contribution in [-0.4, -0.2) is 13.1 Å². The largest absolute Gasteiger partial charge is 0.316 e. The van der Waals surface area contributed by atoms with E-state index in [1.165, 1.54) is 44.9 Å². The zero-order valence-corrected chi connectivity index (χ0v) is 15.4. The Bertz CT molecular complexity index is 308. The van der Waals surface area contributed by atoms with Gasteiger partial charge in [-0.1, -0.05) is 41.0 Å². The predicted octanol–water partition coefficient (Wildman–Crippen LogP) is 5.50. The van der Waals surface area contributed by atoms with Crippen molar-refractivity contribution in [1.82, 2.24) is 5.32 Å². The number of hydrogen-bond donors (Lipinski definition) is 1. The third kappa shape index (κ3) is 4.24. The quantitative estimate of drug-likeness (QED) is 0.724. The normalized spacial score (nSPS) is 40.0. The van der Waals surface area contributed by atoms with E-state index in [0.717, 1.165) is 35.6 Å². The highest BCUT2D eigenvalue weighted by atomic mass is 14.9. The summed E-state index contributed by atoms with van der Waals surface area (Å²) in [6.45, 7) is 12.2. The number of nitrogens with one attached hydrogen (secondary N) is 1. The molecule has 124 valence electrons. The highest BCUT2D eigenvalue weighted by molar-refractivity contribution is 4.91. The van der Waals surface area contributed by atoms with E-state index in [9.17, 15) is 0 Å². The van der Waals surface area contributed by atoms with Crippen molar-refractivity contribution in [2.24, 2.45) is 35.0 Å². The summed E-state index contributed by atoms with van der Waals surface area (Å²) in [6.07, 6.45) is 10.2. The zero-order valence-electron chi connectivity index (χ0n) is 15.4. The van der Waals surface area contributed by atoms with Gasteiger partial charge in [-0.25, -0.2) is 0 Å². The van der Waals surface area contributed by atoms with Crippen LogP contribution in [0.2, 0.25) is 0 Å². The van der Waals surface area contributed by atoms with Gasteiger partial charge in [0.1, 0.15) is 0 Å². The molecule has 0 spiro atoms. The molecule has 1 nitrogen and oxygen atoms in total. The topological polar surface area (TPSA) is 12.0 Å². The Hall–Kier alpha value is -0.0400. The van der Waals surface area contributed by atoms with Crippen molar-refractivity contribution in [3.63, 3.8) is 0 Å². The monoisotopic (exact) mass is 293 g/mol. The molecule has 2 saturated carbocycles. The summed E-state index contributed by atoms with van der Waals surface area (Å²) >= 11 is 0. The fourth-order valence-corrected chi connectivity index (χ4v) is 5.12. The first-order valence-electron chi connectivity index (χ1n) is 9.50. The Morgan fingerprint density at radius 3 is 1.86 bits per heavy atom. The lowest BCUT2D eigenvalue weighted by atomic mass is 9.65. The molecule has 0 heterocycles. The minimum atomic E-state index is 0.509. The van der Waals surface area contributed by atoms with E-state index in [1.54, 1.807) is 0 Å². The Morgan fingerprint density at radius 1 is 0.810 bits per heavy atom. The van der Waals surface area contributed by atoms with E-state index in [2.05, 4.69) is 47.0 Å². The molecular weight excluding hydrogens is 254 g/mol. The standard InChI is InChI=1S/C20H39N/c1-14-7-8-17(13-15(14)2)19(21-6)16-9-11-18(12-10-16)20(3,4)5/h14-19,21H,7-13H2,1-6H3.